The Morgan fingerprint density at radius 1 is 1.03 bits per heavy atom. The molecule has 0 aliphatic carbocycles. The molecule has 0 atom stereocenters. The summed E-state index contributed by atoms with van der Waals surface area (Å²) >= 11 is 7.40. The molecule has 0 bridgehead atoms. The smallest absolute Gasteiger partial charge is 0.269 e. The van der Waals surface area contributed by atoms with Crippen LogP contribution in [-0.2, 0) is 4.79 Å². The molecule has 0 saturated heterocycles. The van der Waals surface area contributed by atoms with Gasteiger partial charge < -0.3 is 5.32 Å². The Kier molecular flexibility index (Phi) is 6.62. The van der Waals surface area contributed by atoms with E-state index in [4.69, 9.17) is 11.6 Å². The van der Waals surface area contributed by atoms with Crippen LogP contribution >= 0.6 is 22.9 Å². The molecule has 1 N–H and O–H groups in total. The minimum Gasteiger partial charge on any atom is -0.352 e. The zero-order valence-electron chi connectivity index (χ0n) is 17.1. The minimum atomic E-state index is -0.534. The summed E-state index contributed by atoms with van der Waals surface area (Å²) in [5, 5.41) is 14.5. The van der Waals surface area contributed by atoms with E-state index in [0.29, 0.717) is 15.8 Å². The fourth-order valence-electron chi connectivity index (χ4n) is 3.14. The lowest BCUT2D eigenvalue weighted by Gasteiger charge is -2.20. The maximum absolute atomic E-state index is 13.2. The molecule has 0 saturated carbocycles. The summed E-state index contributed by atoms with van der Waals surface area (Å²) in [5.41, 5.74) is 1.57. The number of benzene rings is 3. The highest BCUT2D eigenvalue weighted by molar-refractivity contribution is 7.22. The van der Waals surface area contributed by atoms with Gasteiger partial charge in [-0.15, -0.1) is 0 Å². The summed E-state index contributed by atoms with van der Waals surface area (Å²) in [6.07, 6.45) is 0.0251. The highest BCUT2D eigenvalue weighted by Crippen LogP contribution is 2.34. The monoisotopic (exact) mass is 480 g/mol. The number of halogens is 1. The molecule has 0 fully saturated rings. The van der Waals surface area contributed by atoms with Crippen molar-refractivity contribution in [3.63, 3.8) is 0 Å². The molecule has 0 radical (unpaired) electrons. The third kappa shape index (κ3) is 5.16. The molecule has 0 aliphatic heterocycles. The van der Waals surface area contributed by atoms with E-state index in [9.17, 15) is 19.7 Å². The maximum atomic E-state index is 13.2. The fourth-order valence-corrected chi connectivity index (χ4v) is 4.27. The van der Waals surface area contributed by atoms with Crippen LogP contribution in [0.3, 0.4) is 0 Å². The number of nitro groups is 1. The summed E-state index contributed by atoms with van der Waals surface area (Å²) < 4.78 is 0.950. The molecule has 0 aliphatic rings. The zero-order valence-corrected chi connectivity index (χ0v) is 18.7. The van der Waals surface area contributed by atoms with Crippen LogP contribution in [0.15, 0.2) is 72.8 Å². The molecule has 166 valence electrons. The number of amides is 2. The van der Waals surface area contributed by atoms with Gasteiger partial charge in [0.2, 0.25) is 5.91 Å². The van der Waals surface area contributed by atoms with Crippen molar-refractivity contribution in [2.45, 2.75) is 6.42 Å². The lowest BCUT2D eigenvalue weighted by molar-refractivity contribution is -0.384. The lowest BCUT2D eigenvalue weighted by Crippen LogP contribution is -2.31. The second kappa shape index (κ2) is 9.76. The van der Waals surface area contributed by atoms with Gasteiger partial charge in [-0.25, -0.2) is 4.98 Å². The first-order valence-electron chi connectivity index (χ1n) is 9.89. The third-order valence-electron chi connectivity index (χ3n) is 4.77. The number of hydrogen-bond donors (Lipinski definition) is 1. The van der Waals surface area contributed by atoms with E-state index < -0.39 is 10.8 Å². The molecule has 0 unspecified atom stereocenters. The molecule has 2 amide bonds. The van der Waals surface area contributed by atoms with E-state index in [-0.39, 0.29) is 30.1 Å². The quantitative estimate of drug-likeness (QED) is 0.284. The van der Waals surface area contributed by atoms with E-state index >= 15 is 0 Å². The summed E-state index contributed by atoms with van der Waals surface area (Å²) in [5.74, 6) is -0.670. The van der Waals surface area contributed by atoms with Gasteiger partial charge in [-0.2, -0.15) is 0 Å². The SMILES string of the molecule is O=C(NCCC(=O)N(c1ccc(Cl)cc1)c1nc2ccccc2s1)c1ccc([N+](=O)[O-])cc1. The van der Waals surface area contributed by atoms with Crippen LogP contribution in [0, 0.1) is 10.1 Å². The Morgan fingerprint density at radius 2 is 1.73 bits per heavy atom. The summed E-state index contributed by atoms with van der Waals surface area (Å²) in [6.45, 7) is 0.0869. The number of anilines is 2. The largest absolute Gasteiger partial charge is 0.352 e. The zero-order chi connectivity index (χ0) is 23.4. The van der Waals surface area contributed by atoms with Crippen LogP contribution in [0.25, 0.3) is 10.2 Å². The second-order valence-corrected chi connectivity index (χ2v) is 8.43. The number of carbonyl (C=O) groups excluding carboxylic acids is 2. The predicted molar refractivity (Wildman–Crippen MR) is 128 cm³/mol. The fraction of sp³-hybridized carbons (Fsp3) is 0.0870. The van der Waals surface area contributed by atoms with Gasteiger partial charge in [-0.1, -0.05) is 35.1 Å². The molecule has 0 spiro atoms. The average molecular weight is 481 g/mol. The second-order valence-electron chi connectivity index (χ2n) is 6.98. The third-order valence-corrected chi connectivity index (χ3v) is 6.05. The van der Waals surface area contributed by atoms with Crippen LogP contribution in [-0.4, -0.2) is 28.3 Å². The van der Waals surface area contributed by atoms with E-state index in [0.717, 1.165) is 10.2 Å². The van der Waals surface area contributed by atoms with Crippen molar-refractivity contribution in [3.05, 3.63) is 93.5 Å². The molecule has 33 heavy (non-hydrogen) atoms. The van der Waals surface area contributed by atoms with Crippen molar-refractivity contribution in [2.75, 3.05) is 11.4 Å². The maximum Gasteiger partial charge on any atom is 0.269 e. The summed E-state index contributed by atoms with van der Waals surface area (Å²) in [4.78, 5) is 41.8. The Morgan fingerprint density at radius 3 is 2.39 bits per heavy atom. The van der Waals surface area contributed by atoms with Crippen LogP contribution < -0.4 is 10.2 Å². The van der Waals surface area contributed by atoms with E-state index in [2.05, 4.69) is 10.3 Å². The van der Waals surface area contributed by atoms with Gasteiger partial charge in [0.15, 0.2) is 5.13 Å². The number of nitro benzene ring substituents is 1. The molecular weight excluding hydrogens is 464 g/mol. The van der Waals surface area contributed by atoms with Crippen molar-refractivity contribution in [1.82, 2.24) is 10.3 Å². The molecule has 10 heteroatoms. The molecule has 8 nitrogen and oxygen atoms in total. The van der Waals surface area contributed by atoms with Crippen LogP contribution in [0.2, 0.25) is 5.02 Å². The van der Waals surface area contributed by atoms with Gasteiger partial charge in [-0.3, -0.25) is 24.6 Å². The number of rotatable bonds is 7. The minimum absolute atomic E-state index is 0.0251. The number of aromatic nitrogens is 1. The van der Waals surface area contributed by atoms with Crippen molar-refractivity contribution in [2.24, 2.45) is 0 Å². The van der Waals surface area contributed by atoms with Crippen LogP contribution in [0.1, 0.15) is 16.8 Å². The molecular formula is C23H17ClN4O4S. The summed E-state index contributed by atoms with van der Waals surface area (Å²) in [6, 6.07) is 19.7. The molecule has 4 aromatic rings. The Balaban J connectivity index is 1.49. The van der Waals surface area contributed by atoms with Crippen LogP contribution in [0.5, 0.6) is 0 Å². The van der Waals surface area contributed by atoms with Crippen molar-refractivity contribution in [3.8, 4) is 0 Å². The normalized spacial score (nSPS) is 10.7. The van der Waals surface area contributed by atoms with E-state index in [1.54, 1.807) is 24.3 Å². The Labute approximate surface area is 197 Å². The number of non-ortho nitro benzene ring substituents is 1. The standard InChI is InChI=1S/C23H17ClN4O4S/c24-16-7-11-17(12-8-16)27(23-26-19-3-1-2-4-20(19)33-23)21(29)13-14-25-22(30)15-5-9-18(10-6-15)28(31)32/h1-12H,13-14H2,(H,25,30). The van der Waals surface area contributed by atoms with Gasteiger partial charge in [0, 0.05) is 35.7 Å². The van der Waals surface area contributed by atoms with Crippen molar-refractivity contribution in [1.29, 1.82) is 0 Å². The van der Waals surface area contributed by atoms with Crippen molar-refractivity contribution < 1.29 is 14.5 Å². The lowest BCUT2D eigenvalue weighted by atomic mass is 10.2. The summed E-state index contributed by atoms with van der Waals surface area (Å²) in [7, 11) is 0. The van der Waals surface area contributed by atoms with Crippen molar-refractivity contribution >= 4 is 61.5 Å². The molecule has 1 aromatic heterocycles. The first-order chi connectivity index (χ1) is 15.9. The number of nitrogens with zero attached hydrogens (tertiary/aromatic N) is 3. The number of nitrogens with one attached hydrogen (secondary N) is 1. The Hall–Kier alpha value is -3.82. The average Bonchev–Trinajstić information content (AvgIpc) is 3.24. The van der Waals surface area contributed by atoms with E-state index in [1.165, 1.54) is 40.5 Å². The predicted octanol–water partition coefficient (Wildman–Crippen LogP) is 5.34. The molecule has 1 heterocycles. The number of para-hydroxylation sites is 1. The molecule has 3 aromatic carbocycles. The van der Waals surface area contributed by atoms with E-state index in [1.807, 2.05) is 24.3 Å². The topological polar surface area (TPSA) is 105 Å². The number of hydrogen-bond acceptors (Lipinski definition) is 6. The number of fused-ring (bicyclic) bond motifs is 1. The van der Waals surface area contributed by atoms with Gasteiger partial charge in [0.05, 0.1) is 20.8 Å². The first-order valence-corrected chi connectivity index (χ1v) is 11.1. The molecule has 4 rings (SSSR count). The van der Waals surface area contributed by atoms with Gasteiger partial charge >= 0.3 is 0 Å². The van der Waals surface area contributed by atoms with Crippen LogP contribution in [0.4, 0.5) is 16.5 Å². The Bertz CT molecular complexity index is 1290. The first kappa shape index (κ1) is 22.4. The highest BCUT2D eigenvalue weighted by atomic mass is 35.5. The van der Waals surface area contributed by atoms with Gasteiger partial charge in [-0.05, 0) is 48.5 Å². The van der Waals surface area contributed by atoms with Gasteiger partial charge in [0.1, 0.15) is 0 Å². The van der Waals surface area contributed by atoms with Gasteiger partial charge in [0.25, 0.3) is 11.6 Å². The number of carbonyl (C=O) groups is 2. The highest BCUT2D eigenvalue weighted by Gasteiger charge is 2.22. The number of thiazole rings is 1.